The van der Waals surface area contributed by atoms with Crippen molar-refractivity contribution in [3.8, 4) is 12.3 Å². The first-order chi connectivity index (χ1) is 9.92. The third kappa shape index (κ3) is 5.65. The summed E-state index contributed by atoms with van der Waals surface area (Å²) in [7, 11) is 0. The van der Waals surface area contributed by atoms with E-state index in [4.69, 9.17) is 16.6 Å². The zero-order valence-corrected chi connectivity index (χ0v) is 11.0. The smallest absolute Gasteiger partial charge is 0.326 e. The molecule has 0 aliphatic rings. The summed E-state index contributed by atoms with van der Waals surface area (Å²) in [5, 5.41) is 22.1. The molecule has 7 heteroatoms. The second-order valence-electron chi connectivity index (χ2n) is 4.15. The van der Waals surface area contributed by atoms with E-state index in [-0.39, 0.29) is 12.8 Å². The molecular weight excluding hydrogens is 276 g/mol. The van der Waals surface area contributed by atoms with Gasteiger partial charge in [-0.1, -0.05) is 12.0 Å². The lowest BCUT2D eigenvalue weighted by Crippen LogP contribution is -2.43. The van der Waals surface area contributed by atoms with Crippen molar-refractivity contribution in [2.75, 3.05) is 5.32 Å². The number of carbonyl (C=O) groups is 3. The standard InChI is InChI=1S/C14H14N2O5/c1-2-9-4-3-5-10(8-9)15-14(21)16-11(13(19)20)6-7-12(17)18/h1,3-5,8,11H,6-7H2,(H,17,18)(H,19,20)(H2,15,16,21)/t11-/m0/s1. The molecule has 0 aromatic heterocycles. The van der Waals surface area contributed by atoms with Crippen molar-refractivity contribution in [1.29, 1.82) is 0 Å². The molecule has 0 unspecified atom stereocenters. The molecule has 4 N–H and O–H groups in total. The number of hydrogen-bond acceptors (Lipinski definition) is 3. The van der Waals surface area contributed by atoms with E-state index in [1.165, 1.54) is 0 Å². The molecule has 0 fully saturated rings. The Morgan fingerprint density at radius 1 is 1.29 bits per heavy atom. The highest BCUT2D eigenvalue weighted by Gasteiger charge is 2.20. The van der Waals surface area contributed by atoms with Crippen LogP contribution in [-0.2, 0) is 9.59 Å². The predicted molar refractivity (Wildman–Crippen MR) is 74.8 cm³/mol. The van der Waals surface area contributed by atoms with Gasteiger partial charge in [-0.3, -0.25) is 4.79 Å². The van der Waals surface area contributed by atoms with Crippen LogP contribution in [0.15, 0.2) is 24.3 Å². The highest BCUT2D eigenvalue weighted by molar-refractivity contribution is 5.92. The van der Waals surface area contributed by atoms with Crippen molar-refractivity contribution in [1.82, 2.24) is 5.32 Å². The average Bonchev–Trinajstić information content (AvgIpc) is 2.43. The van der Waals surface area contributed by atoms with Crippen molar-refractivity contribution in [2.24, 2.45) is 0 Å². The molecular formula is C14H14N2O5. The van der Waals surface area contributed by atoms with Gasteiger partial charge in [0.2, 0.25) is 0 Å². The zero-order valence-electron chi connectivity index (χ0n) is 11.0. The Morgan fingerprint density at radius 2 is 2.00 bits per heavy atom. The van der Waals surface area contributed by atoms with Crippen LogP contribution in [0.3, 0.4) is 0 Å². The van der Waals surface area contributed by atoms with E-state index >= 15 is 0 Å². The van der Waals surface area contributed by atoms with Crippen molar-refractivity contribution in [3.63, 3.8) is 0 Å². The maximum Gasteiger partial charge on any atom is 0.326 e. The molecule has 0 radical (unpaired) electrons. The number of carbonyl (C=O) groups excluding carboxylic acids is 1. The first-order valence-corrected chi connectivity index (χ1v) is 6.01. The predicted octanol–water partition coefficient (Wildman–Crippen LogP) is 1.11. The number of amides is 2. The number of terminal acetylenes is 1. The number of hydrogen-bond donors (Lipinski definition) is 4. The van der Waals surface area contributed by atoms with Crippen LogP contribution in [0.25, 0.3) is 0 Å². The van der Waals surface area contributed by atoms with Crippen molar-refractivity contribution in [3.05, 3.63) is 29.8 Å². The number of nitrogens with one attached hydrogen (secondary N) is 2. The first-order valence-electron chi connectivity index (χ1n) is 6.01. The Labute approximate surface area is 121 Å². The quantitative estimate of drug-likeness (QED) is 0.586. The zero-order chi connectivity index (χ0) is 15.8. The lowest BCUT2D eigenvalue weighted by molar-refractivity contribution is -0.140. The SMILES string of the molecule is C#Cc1cccc(NC(=O)N[C@@H](CCC(=O)O)C(=O)O)c1. The van der Waals surface area contributed by atoms with Gasteiger partial charge < -0.3 is 20.8 Å². The number of aliphatic carboxylic acids is 2. The van der Waals surface area contributed by atoms with Crippen LogP contribution < -0.4 is 10.6 Å². The van der Waals surface area contributed by atoms with Crippen molar-refractivity contribution < 1.29 is 24.6 Å². The highest BCUT2D eigenvalue weighted by Crippen LogP contribution is 2.09. The number of anilines is 1. The van der Waals surface area contributed by atoms with Crippen LogP contribution >= 0.6 is 0 Å². The summed E-state index contributed by atoms with van der Waals surface area (Å²) in [5.74, 6) is -0.0349. The molecule has 0 saturated heterocycles. The maximum absolute atomic E-state index is 11.7. The Morgan fingerprint density at radius 3 is 2.57 bits per heavy atom. The fraction of sp³-hybridized carbons (Fsp3) is 0.214. The van der Waals surface area contributed by atoms with Crippen molar-refractivity contribution in [2.45, 2.75) is 18.9 Å². The molecule has 1 rings (SSSR count). The summed E-state index contributed by atoms with van der Waals surface area (Å²) in [5.41, 5.74) is 0.971. The lowest BCUT2D eigenvalue weighted by atomic mass is 10.1. The minimum absolute atomic E-state index is 0.206. The average molecular weight is 290 g/mol. The van der Waals surface area contributed by atoms with Crippen LogP contribution in [0.2, 0.25) is 0 Å². The van der Waals surface area contributed by atoms with Gasteiger partial charge in [-0.2, -0.15) is 0 Å². The van der Waals surface area contributed by atoms with E-state index in [0.29, 0.717) is 11.3 Å². The fourth-order valence-electron chi connectivity index (χ4n) is 1.54. The number of rotatable bonds is 6. The second kappa shape index (κ2) is 7.55. The minimum Gasteiger partial charge on any atom is -0.481 e. The van der Waals surface area contributed by atoms with E-state index in [2.05, 4.69) is 16.6 Å². The third-order valence-electron chi connectivity index (χ3n) is 2.54. The van der Waals surface area contributed by atoms with Gasteiger partial charge in [0.1, 0.15) is 6.04 Å². The number of carboxylic acids is 2. The molecule has 0 saturated carbocycles. The van der Waals surface area contributed by atoms with E-state index in [1.807, 2.05) is 0 Å². The van der Waals surface area contributed by atoms with Gasteiger partial charge in [0.15, 0.2) is 0 Å². The monoisotopic (exact) mass is 290 g/mol. The molecule has 1 aromatic rings. The van der Waals surface area contributed by atoms with E-state index in [9.17, 15) is 14.4 Å². The third-order valence-corrected chi connectivity index (χ3v) is 2.54. The fourth-order valence-corrected chi connectivity index (χ4v) is 1.54. The molecule has 0 spiro atoms. The summed E-state index contributed by atoms with van der Waals surface area (Å²) in [4.78, 5) is 33.1. The molecule has 1 atom stereocenters. The molecule has 2 amide bonds. The van der Waals surface area contributed by atoms with Crippen LogP contribution in [0.1, 0.15) is 18.4 Å². The van der Waals surface area contributed by atoms with E-state index in [1.54, 1.807) is 24.3 Å². The van der Waals surface area contributed by atoms with Gasteiger partial charge in [-0.25, -0.2) is 9.59 Å². The lowest BCUT2D eigenvalue weighted by Gasteiger charge is -2.14. The molecule has 21 heavy (non-hydrogen) atoms. The van der Waals surface area contributed by atoms with Crippen molar-refractivity contribution >= 4 is 23.7 Å². The van der Waals surface area contributed by atoms with Crippen LogP contribution in [0, 0.1) is 12.3 Å². The van der Waals surface area contributed by atoms with E-state index < -0.39 is 24.0 Å². The summed E-state index contributed by atoms with van der Waals surface area (Å²) in [6.07, 6.45) is 4.66. The van der Waals surface area contributed by atoms with Gasteiger partial charge in [-0.15, -0.1) is 6.42 Å². The minimum atomic E-state index is -1.30. The maximum atomic E-state index is 11.7. The molecule has 7 nitrogen and oxygen atoms in total. The van der Waals surface area contributed by atoms with Gasteiger partial charge >= 0.3 is 18.0 Å². The topological polar surface area (TPSA) is 116 Å². The molecule has 1 aromatic carbocycles. The van der Waals surface area contributed by atoms with Crippen LogP contribution in [0.4, 0.5) is 10.5 Å². The summed E-state index contributed by atoms with van der Waals surface area (Å²) >= 11 is 0. The summed E-state index contributed by atoms with van der Waals surface area (Å²) in [6, 6.07) is 4.43. The molecule has 0 heterocycles. The Bertz CT molecular complexity index is 591. The van der Waals surface area contributed by atoms with Gasteiger partial charge in [0.05, 0.1) is 0 Å². The largest absolute Gasteiger partial charge is 0.481 e. The number of urea groups is 1. The summed E-state index contributed by atoms with van der Waals surface area (Å²) in [6.45, 7) is 0. The Kier molecular flexibility index (Phi) is 5.77. The molecule has 0 aliphatic carbocycles. The van der Waals surface area contributed by atoms with Gasteiger partial charge in [0, 0.05) is 17.7 Å². The molecule has 110 valence electrons. The number of benzene rings is 1. The Hall–Kier alpha value is -3.01. The second-order valence-corrected chi connectivity index (χ2v) is 4.15. The highest BCUT2D eigenvalue weighted by atomic mass is 16.4. The summed E-state index contributed by atoms with van der Waals surface area (Å²) < 4.78 is 0. The number of carboxylic acid groups (broad SMARTS) is 2. The molecule has 0 aliphatic heterocycles. The Balaban J connectivity index is 2.63. The van der Waals surface area contributed by atoms with Crippen LogP contribution in [-0.4, -0.2) is 34.2 Å². The normalized spacial score (nSPS) is 11.0. The van der Waals surface area contributed by atoms with Gasteiger partial charge in [0.25, 0.3) is 0 Å². The van der Waals surface area contributed by atoms with Crippen LogP contribution in [0.5, 0.6) is 0 Å². The van der Waals surface area contributed by atoms with Gasteiger partial charge in [-0.05, 0) is 24.6 Å². The first kappa shape index (κ1) is 16.0. The molecule has 0 bridgehead atoms. The van der Waals surface area contributed by atoms with E-state index in [0.717, 1.165) is 0 Å².